The maximum Gasteiger partial charge on any atom is 1.00 e. The first kappa shape index (κ1) is 28.6. The number of aromatic carboxylic acids is 1. The molecule has 5 rings (SSSR count). The minimum absolute atomic E-state index is 0. The third-order valence-electron chi connectivity index (χ3n) is 5.96. The van der Waals surface area contributed by atoms with Crippen LogP contribution in [-0.4, -0.2) is 78.2 Å². The monoisotopic (exact) mass is 582 g/mol. The van der Waals surface area contributed by atoms with Gasteiger partial charge in [0, 0.05) is 22.8 Å². The number of thioether (sulfide) groups is 1. The zero-order chi connectivity index (χ0) is 27.1. The zero-order valence-corrected chi connectivity index (χ0v) is 24.2. The van der Waals surface area contributed by atoms with Crippen molar-refractivity contribution in [2.45, 2.75) is 18.0 Å². The number of nitrogens with two attached hydrogens (primary N) is 1. The Morgan fingerprint density at radius 1 is 1.33 bits per heavy atom. The molecule has 14 nitrogen and oxygen atoms in total. The summed E-state index contributed by atoms with van der Waals surface area (Å²) in [6.07, 6.45) is 4.82. The maximum absolute atomic E-state index is 13.1. The predicted octanol–water partition coefficient (Wildman–Crippen LogP) is -3.13. The van der Waals surface area contributed by atoms with Crippen LogP contribution in [0.1, 0.15) is 17.5 Å². The van der Waals surface area contributed by atoms with Gasteiger partial charge in [0.05, 0.1) is 5.56 Å². The first-order valence-corrected chi connectivity index (χ1v) is 12.9. The molecule has 2 aliphatic heterocycles. The number of amides is 2. The summed E-state index contributed by atoms with van der Waals surface area (Å²) >= 11 is 2.43. The number of nitrogens with zero attached hydrogens (tertiary/aromatic N) is 5. The molecule has 2 amide bonds. The van der Waals surface area contributed by atoms with Crippen LogP contribution in [0.2, 0.25) is 0 Å². The molecule has 1 saturated heterocycles. The number of hydrogen-bond donors (Lipinski definition) is 4. The van der Waals surface area contributed by atoms with Crippen LogP contribution in [0.15, 0.2) is 52.5 Å². The van der Waals surface area contributed by atoms with Crippen molar-refractivity contribution >= 4 is 63.3 Å². The summed E-state index contributed by atoms with van der Waals surface area (Å²) in [6, 6.07) is 2.11. The standard InChI is InChI=1S/C22H19N7O7S2.Na.H/c1-36-26-14(12-9-38-22(23)24-12)17(30)25-15-18(31)29-16(21(34)35)11(8-37-19(15)29)7-28-5-4-27-6-10(20(32)33)2-3-13(27)28;;/h2-6,9,15,19H,7-8H2,1H3,(H4-,23,24,25,30,32,33,34,35);;/q;+1;-1/p+1/b26-14-;;/t15-,19-;;/m1../s1. The van der Waals surface area contributed by atoms with Crippen LogP contribution in [0.4, 0.5) is 5.13 Å². The Morgan fingerprint density at radius 2 is 2.10 bits per heavy atom. The van der Waals surface area contributed by atoms with E-state index in [4.69, 9.17) is 10.6 Å². The molecule has 3 aromatic heterocycles. The number of fused-ring (bicyclic) bond motifs is 2. The number of carboxylic acid groups (broad SMARTS) is 2. The number of nitrogens with one attached hydrogen (secondary N) is 1. The second kappa shape index (κ2) is 11.4. The van der Waals surface area contributed by atoms with E-state index in [2.05, 4.69) is 15.5 Å². The second-order valence-electron chi connectivity index (χ2n) is 8.23. The van der Waals surface area contributed by atoms with Crippen LogP contribution >= 0.6 is 23.1 Å². The molecule has 0 saturated carbocycles. The third-order valence-corrected chi connectivity index (χ3v) is 7.98. The summed E-state index contributed by atoms with van der Waals surface area (Å²) in [7, 11) is 1.26. The van der Waals surface area contributed by atoms with E-state index in [0.29, 0.717) is 17.0 Å². The van der Waals surface area contributed by atoms with E-state index >= 15 is 0 Å². The Morgan fingerprint density at radius 3 is 2.74 bits per heavy atom. The number of oxime groups is 1. The summed E-state index contributed by atoms with van der Waals surface area (Å²) in [4.78, 5) is 59.4. The molecule has 17 heteroatoms. The van der Waals surface area contributed by atoms with Gasteiger partial charge < -0.3 is 27.5 Å². The van der Waals surface area contributed by atoms with E-state index in [0.717, 1.165) is 11.3 Å². The minimum atomic E-state index is -1.26. The van der Waals surface area contributed by atoms with Gasteiger partial charge in [-0.05, 0) is 6.07 Å². The van der Waals surface area contributed by atoms with Crippen LogP contribution in [0, 0.1) is 0 Å². The number of nitrogen functional groups attached to an aromatic ring is 1. The predicted molar refractivity (Wildman–Crippen MR) is 135 cm³/mol. The molecule has 0 radical (unpaired) electrons. The van der Waals surface area contributed by atoms with Crippen molar-refractivity contribution in [3.63, 3.8) is 0 Å². The van der Waals surface area contributed by atoms with Crippen LogP contribution in [0.3, 0.4) is 0 Å². The zero-order valence-electron chi connectivity index (χ0n) is 21.6. The molecule has 0 bridgehead atoms. The van der Waals surface area contributed by atoms with Gasteiger partial charge in [-0.25, -0.2) is 23.5 Å². The Bertz CT molecular complexity index is 1570. The molecular formula is C22H21N7NaO7S2+. The van der Waals surface area contributed by atoms with E-state index in [9.17, 15) is 29.4 Å². The van der Waals surface area contributed by atoms with E-state index in [1.54, 1.807) is 27.4 Å². The number of anilines is 1. The molecule has 39 heavy (non-hydrogen) atoms. The van der Waals surface area contributed by atoms with Gasteiger partial charge in [-0.1, -0.05) is 5.16 Å². The molecule has 3 aromatic rings. The number of hydrogen-bond acceptors (Lipinski definition) is 10. The van der Waals surface area contributed by atoms with E-state index in [-0.39, 0.29) is 65.3 Å². The number of carbonyl (C=O) groups excluding carboxylic acids is 2. The van der Waals surface area contributed by atoms with Gasteiger partial charge in [0.1, 0.15) is 55.1 Å². The number of carboxylic acids is 2. The van der Waals surface area contributed by atoms with E-state index in [1.807, 2.05) is 0 Å². The normalized spacial score (nSPS) is 18.7. The van der Waals surface area contributed by atoms with Gasteiger partial charge in [0.25, 0.3) is 17.5 Å². The second-order valence-corrected chi connectivity index (χ2v) is 10.2. The number of pyridine rings is 1. The van der Waals surface area contributed by atoms with E-state index in [1.165, 1.54) is 41.4 Å². The largest absolute Gasteiger partial charge is 1.00 e. The maximum atomic E-state index is 13.1. The number of thiazole rings is 1. The summed E-state index contributed by atoms with van der Waals surface area (Å²) in [5.74, 6) is -3.31. The van der Waals surface area contributed by atoms with Crippen molar-refractivity contribution in [2.75, 3.05) is 18.6 Å². The summed E-state index contributed by atoms with van der Waals surface area (Å²) in [5.41, 5.74) is 6.78. The van der Waals surface area contributed by atoms with Crippen LogP contribution in [0.5, 0.6) is 0 Å². The Labute approximate surface area is 251 Å². The SMILES string of the molecule is CO/N=C(\C(=O)N[C@@H]1C(=O)N2C(C(=O)O)=C(C[n+]3ccn4cc(C(=O)O)ccc43)CS[C@H]12)c1csc(N)n1.[H-].[Na+]. The summed E-state index contributed by atoms with van der Waals surface area (Å²) in [6.45, 7) is 0.168. The molecule has 198 valence electrons. The molecule has 5 heterocycles. The van der Waals surface area contributed by atoms with Crippen molar-refractivity contribution in [1.29, 1.82) is 0 Å². The average Bonchev–Trinajstić information content (AvgIpc) is 3.50. The molecule has 5 N–H and O–H groups in total. The van der Waals surface area contributed by atoms with Gasteiger partial charge >= 0.3 is 41.5 Å². The average molecular weight is 583 g/mol. The Kier molecular flexibility index (Phi) is 8.31. The topological polar surface area (TPSA) is 193 Å². The molecule has 1 fully saturated rings. The number of aromatic nitrogens is 3. The third kappa shape index (κ3) is 5.25. The quantitative estimate of drug-likeness (QED) is 0.0694. The van der Waals surface area contributed by atoms with Gasteiger partial charge in [0.15, 0.2) is 10.8 Å². The first-order chi connectivity index (χ1) is 18.2. The molecule has 0 aromatic carbocycles. The molecule has 0 aliphatic carbocycles. The van der Waals surface area contributed by atoms with Crippen molar-refractivity contribution in [3.8, 4) is 0 Å². The fourth-order valence-electron chi connectivity index (χ4n) is 4.27. The molecule has 2 aliphatic rings. The van der Waals surface area contributed by atoms with Crippen molar-refractivity contribution in [1.82, 2.24) is 19.6 Å². The van der Waals surface area contributed by atoms with Crippen molar-refractivity contribution in [3.05, 3.63) is 58.6 Å². The summed E-state index contributed by atoms with van der Waals surface area (Å²) < 4.78 is 3.39. The van der Waals surface area contributed by atoms with Crippen LogP contribution < -0.4 is 45.2 Å². The Balaban J connectivity index is 0.00000220. The van der Waals surface area contributed by atoms with Gasteiger partial charge in [0.2, 0.25) is 0 Å². The number of imidazole rings is 1. The molecule has 0 unspecified atom stereocenters. The van der Waals surface area contributed by atoms with Crippen molar-refractivity contribution < 1.29 is 69.8 Å². The molecular weight excluding hydrogens is 561 g/mol. The van der Waals surface area contributed by atoms with Crippen molar-refractivity contribution in [2.24, 2.45) is 5.16 Å². The number of carbonyl (C=O) groups is 4. The first-order valence-electron chi connectivity index (χ1n) is 11.0. The van der Waals surface area contributed by atoms with Gasteiger partial charge in [-0.15, -0.1) is 23.1 Å². The smallest absolute Gasteiger partial charge is 1.00 e. The molecule has 2 atom stereocenters. The van der Waals surface area contributed by atoms with Gasteiger partial charge in [-0.2, -0.15) is 0 Å². The fourth-order valence-corrected chi connectivity index (χ4v) is 6.16. The fraction of sp³-hybridized carbons (Fsp3) is 0.227. The van der Waals surface area contributed by atoms with Gasteiger partial charge in [-0.3, -0.25) is 14.5 Å². The van der Waals surface area contributed by atoms with Crippen LogP contribution in [0.25, 0.3) is 5.65 Å². The van der Waals surface area contributed by atoms with Crippen LogP contribution in [-0.2, 0) is 25.8 Å². The number of aliphatic carboxylic acids is 1. The molecule has 0 spiro atoms. The number of β-lactam (4-membered cyclic amide) rings is 1. The Hall–Kier alpha value is -3.44. The number of rotatable bonds is 8. The summed E-state index contributed by atoms with van der Waals surface area (Å²) in [5, 5.41) is 26.6. The minimum Gasteiger partial charge on any atom is -1.00 e. The van der Waals surface area contributed by atoms with E-state index < -0.39 is 35.2 Å².